The molecule has 0 saturated heterocycles. The summed E-state index contributed by atoms with van der Waals surface area (Å²) in [6.07, 6.45) is 2.85. The van der Waals surface area contributed by atoms with E-state index in [0.29, 0.717) is 22.7 Å². The van der Waals surface area contributed by atoms with Crippen LogP contribution in [0.25, 0.3) is 0 Å². The quantitative estimate of drug-likeness (QED) is 0.440. The summed E-state index contributed by atoms with van der Waals surface area (Å²) in [7, 11) is -2.44. The summed E-state index contributed by atoms with van der Waals surface area (Å²) in [6, 6.07) is 12.3. The van der Waals surface area contributed by atoms with Crippen molar-refractivity contribution in [3.8, 4) is 5.75 Å². The molecule has 3 N–H and O–H groups in total. The molecule has 0 aliphatic rings. The maximum absolute atomic E-state index is 13.0. The number of benzene rings is 2. The van der Waals surface area contributed by atoms with Crippen molar-refractivity contribution in [1.82, 2.24) is 9.71 Å². The first-order chi connectivity index (χ1) is 15.8. The minimum Gasteiger partial charge on any atom is -0.494 e. The molecule has 11 heteroatoms. The summed E-state index contributed by atoms with van der Waals surface area (Å²) in [5.41, 5.74) is 1.18. The van der Waals surface area contributed by atoms with Crippen molar-refractivity contribution in [3.05, 3.63) is 78.4 Å². The molecule has 0 aliphatic carbocycles. The highest BCUT2D eigenvalue weighted by Crippen LogP contribution is 2.28. The van der Waals surface area contributed by atoms with Gasteiger partial charge in [-0.15, -0.1) is 0 Å². The Labute approximate surface area is 190 Å². The van der Waals surface area contributed by atoms with Gasteiger partial charge in [0.15, 0.2) is 0 Å². The van der Waals surface area contributed by atoms with E-state index >= 15 is 0 Å². The Balaban J connectivity index is 1.56. The molecular weight excluding hydrogens is 451 g/mol. The fraction of sp³-hybridized carbons (Fsp3) is 0.136. The van der Waals surface area contributed by atoms with E-state index in [1.165, 1.54) is 19.4 Å². The molecular formula is C22H21FN4O5S. The third-order valence-electron chi connectivity index (χ3n) is 4.43. The largest absolute Gasteiger partial charge is 0.494 e. The van der Waals surface area contributed by atoms with E-state index in [2.05, 4.69) is 20.3 Å². The van der Waals surface area contributed by atoms with Gasteiger partial charge in [0, 0.05) is 37.1 Å². The second-order valence-corrected chi connectivity index (χ2v) is 8.53. The van der Waals surface area contributed by atoms with Crippen molar-refractivity contribution in [2.24, 2.45) is 0 Å². The Morgan fingerprint density at radius 1 is 1.06 bits per heavy atom. The van der Waals surface area contributed by atoms with Crippen LogP contribution in [0.3, 0.4) is 0 Å². The highest BCUT2D eigenvalue weighted by molar-refractivity contribution is 7.89. The monoisotopic (exact) mass is 472 g/mol. The van der Waals surface area contributed by atoms with E-state index in [-0.39, 0.29) is 23.8 Å². The van der Waals surface area contributed by atoms with E-state index in [4.69, 9.17) is 4.74 Å². The fourth-order valence-electron chi connectivity index (χ4n) is 2.78. The molecule has 3 aromatic rings. The van der Waals surface area contributed by atoms with Gasteiger partial charge in [0.2, 0.25) is 15.9 Å². The Morgan fingerprint density at radius 2 is 1.82 bits per heavy atom. The Morgan fingerprint density at radius 3 is 2.48 bits per heavy atom. The highest BCUT2D eigenvalue weighted by atomic mass is 32.2. The molecule has 0 aliphatic heterocycles. The number of nitrogens with one attached hydrogen (secondary N) is 3. The number of hydrogen-bond donors (Lipinski definition) is 3. The van der Waals surface area contributed by atoms with Crippen LogP contribution < -0.4 is 20.1 Å². The number of nitrogens with zero attached hydrogens (tertiary/aromatic N) is 1. The average molecular weight is 472 g/mol. The Kier molecular flexibility index (Phi) is 7.70. The van der Waals surface area contributed by atoms with Gasteiger partial charge in [0.05, 0.1) is 23.3 Å². The van der Waals surface area contributed by atoms with E-state index < -0.39 is 21.7 Å². The molecule has 0 atom stereocenters. The first kappa shape index (κ1) is 23.8. The molecule has 0 spiro atoms. The number of anilines is 2. The van der Waals surface area contributed by atoms with Gasteiger partial charge in [-0.05, 0) is 48.5 Å². The second-order valence-electron chi connectivity index (χ2n) is 6.76. The van der Waals surface area contributed by atoms with Crippen molar-refractivity contribution in [2.45, 2.75) is 11.3 Å². The molecule has 0 saturated carbocycles. The molecule has 0 unspecified atom stereocenters. The third kappa shape index (κ3) is 6.57. The lowest BCUT2D eigenvalue weighted by Crippen LogP contribution is -2.27. The molecule has 2 amide bonds. The molecule has 172 valence electrons. The van der Waals surface area contributed by atoms with Crippen LogP contribution in [0.1, 0.15) is 16.8 Å². The van der Waals surface area contributed by atoms with Gasteiger partial charge in [-0.1, -0.05) is 0 Å². The molecule has 1 aromatic heterocycles. The van der Waals surface area contributed by atoms with Gasteiger partial charge in [-0.25, -0.2) is 17.5 Å². The average Bonchev–Trinajstić information content (AvgIpc) is 2.80. The van der Waals surface area contributed by atoms with E-state index in [1.54, 1.807) is 30.5 Å². The van der Waals surface area contributed by atoms with Gasteiger partial charge in [-0.3, -0.25) is 14.6 Å². The standard InChI is InChI=1S/C22H21FN4O5S/c1-32-20-13-17(6-9-19(20)27-22(29)15-3-2-11-24-14-15)26-21(28)10-12-25-33(30,31)18-7-4-16(23)5-8-18/h2-9,11,13-14,25H,10,12H2,1H3,(H,26,28)(H,27,29). The lowest BCUT2D eigenvalue weighted by atomic mass is 10.2. The number of halogens is 1. The maximum atomic E-state index is 13.0. The molecule has 9 nitrogen and oxygen atoms in total. The lowest BCUT2D eigenvalue weighted by molar-refractivity contribution is -0.116. The summed E-state index contributed by atoms with van der Waals surface area (Å²) in [6.45, 7) is -0.151. The van der Waals surface area contributed by atoms with Crippen molar-refractivity contribution < 1.29 is 27.1 Å². The number of hydrogen-bond acceptors (Lipinski definition) is 6. The van der Waals surface area contributed by atoms with Crippen LogP contribution in [0.15, 0.2) is 71.9 Å². The van der Waals surface area contributed by atoms with Crippen molar-refractivity contribution in [3.63, 3.8) is 0 Å². The normalized spacial score (nSPS) is 11.0. The predicted molar refractivity (Wildman–Crippen MR) is 120 cm³/mol. The maximum Gasteiger partial charge on any atom is 0.257 e. The second kappa shape index (κ2) is 10.7. The van der Waals surface area contributed by atoms with Crippen LogP contribution in [-0.4, -0.2) is 38.9 Å². The van der Waals surface area contributed by atoms with Crippen molar-refractivity contribution in [1.29, 1.82) is 0 Å². The third-order valence-corrected chi connectivity index (χ3v) is 5.90. The first-order valence-corrected chi connectivity index (χ1v) is 11.2. The number of aromatic nitrogens is 1. The van der Waals surface area contributed by atoms with Crippen LogP contribution in [0, 0.1) is 5.82 Å². The fourth-order valence-corrected chi connectivity index (χ4v) is 3.82. The van der Waals surface area contributed by atoms with Crippen molar-refractivity contribution in [2.75, 3.05) is 24.3 Å². The summed E-state index contributed by atoms with van der Waals surface area (Å²) in [5.74, 6) is -1.04. The minimum absolute atomic E-state index is 0.0991. The highest BCUT2D eigenvalue weighted by Gasteiger charge is 2.15. The van der Waals surface area contributed by atoms with Gasteiger partial charge in [0.25, 0.3) is 5.91 Å². The zero-order chi connectivity index (χ0) is 23.8. The summed E-state index contributed by atoms with van der Waals surface area (Å²) in [5, 5.41) is 5.35. The zero-order valence-electron chi connectivity index (χ0n) is 17.5. The summed E-state index contributed by atoms with van der Waals surface area (Å²) in [4.78, 5) is 28.3. The van der Waals surface area contributed by atoms with Crippen LogP contribution in [0.4, 0.5) is 15.8 Å². The first-order valence-electron chi connectivity index (χ1n) is 9.73. The van der Waals surface area contributed by atoms with Gasteiger partial charge in [0.1, 0.15) is 11.6 Å². The summed E-state index contributed by atoms with van der Waals surface area (Å²) >= 11 is 0. The molecule has 1 heterocycles. The van der Waals surface area contributed by atoms with Crippen LogP contribution in [0.2, 0.25) is 0 Å². The van der Waals surface area contributed by atoms with Crippen LogP contribution >= 0.6 is 0 Å². The van der Waals surface area contributed by atoms with Gasteiger partial charge in [-0.2, -0.15) is 0 Å². The topological polar surface area (TPSA) is 126 Å². The number of carbonyl (C=O) groups excluding carboxylic acids is 2. The number of methoxy groups -OCH3 is 1. The summed E-state index contributed by atoms with van der Waals surface area (Å²) < 4.78 is 44.9. The Hall–Kier alpha value is -3.83. The Bertz CT molecular complexity index is 1240. The van der Waals surface area contributed by atoms with Crippen LogP contribution in [-0.2, 0) is 14.8 Å². The molecule has 2 aromatic carbocycles. The number of pyridine rings is 1. The molecule has 33 heavy (non-hydrogen) atoms. The number of rotatable bonds is 9. The van der Waals surface area contributed by atoms with E-state index in [1.807, 2.05) is 0 Å². The SMILES string of the molecule is COc1cc(NC(=O)CCNS(=O)(=O)c2ccc(F)cc2)ccc1NC(=O)c1cccnc1. The van der Waals surface area contributed by atoms with Gasteiger partial charge < -0.3 is 15.4 Å². The number of amides is 2. The lowest BCUT2D eigenvalue weighted by Gasteiger charge is -2.13. The van der Waals surface area contributed by atoms with E-state index in [0.717, 1.165) is 24.3 Å². The van der Waals surface area contributed by atoms with Crippen molar-refractivity contribution >= 4 is 33.2 Å². The molecule has 3 rings (SSSR count). The number of sulfonamides is 1. The molecule has 0 fully saturated rings. The number of carbonyl (C=O) groups is 2. The predicted octanol–water partition coefficient (Wildman–Crippen LogP) is 2.79. The minimum atomic E-state index is -3.86. The number of ether oxygens (including phenoxy) is 1. The molecule has 0 radical (unpaired) electrons. The smallest absolute Gasteiger partial charge is 0.257 e. The molecule has 0 bridgehead atoms. The van der Waals surface area contributed by atoms with Crippen LogP contribution in [0.5, 0.6) is 5.75 Å². The van der Waals surface area contributed by atoms with E-state index in [9.17, 15) is 22.4 Å². The zero-order valence-corrected chi connectivity index (χ0v) is 18.4. The van der Waals surface area contributed by atoms with Gasteiger partial charge >= 0.3 is 0 Å².